The van der Waals surface area contributed by atoms with Crippen LogP contribution in [0.15, 0.2) is 47.4 Å². The molecule has 0 aliphatic carbocycles. The molecule has 0 radical (unpaired) electrons. The molecule has 1 aromatic carbocycles. The van der Waals surface area contributed by atoms with Gasteiger partial charge in [-0.25, -0.2) is 0 Å². The molecule has 1 aliphatic rings. The van der Waals surface area contributed by atoms with Crippen LogP contribution in [0.3, 0.4) is 0 Å². The van der Waals surface area contributed by atoms with E-state index in [0.29, 0.717) is 12.1 Å². The molecule has 1 aromatic heterocycles. The summed E-state index contributed by atoms with van der Waals surface area (Å²) < 4.78 is 7.18. The maximum absolute atomic E-state index is 12.0. The van der Waals surface area contributed by atoms with Gasteiger partial charge in [0.2, 0.25) is 0 Å². The van der Waals surface area contributed by atoms with Gasteiger partial charge in [-0.05, 0) is 17.7 Å². The van der Waals surface area contributed by atoms with Crippen molar-refractivity contribution in [3.63, 3.8) is 0 Å². The van der Waals surface area contributed by atoms with Crippen molar-refractivity contribution in [2.75, 3.05) is 6.54 Å². The number of aryl methyl sites for hydroxylation is 1. The maximum Gasteiger partial charge on any atom is 0.251 e. The molecule has 0 spiro atoms. The molecule has 1 amide bonds. The van der Waals surface area contributed by atoms with Gasteiger partial charge >= 0.3 is 0 Å². The van der Waals surface area contributed by atoms with Crippen LogP contribution in [0.25, 0.3) is 0 Å². The lowest BCUT2D eigenvalue weighted by molar-refractivity contribution is 0.0933. The number of aromatic nitrogens is 1. The lowest BCUT2D eigenvalue weighted by atomic mass is 10.1. The van der Waals surface area contributed by atoms with Gasteiger partial charge in [0.1, 0.15) is 11.9 Å². The van der Waals surface area contributed by atoms with Gasteiger partial charge in [0, 0.05) is 31.3 Å². The fourth-order valence-electron chi connectivity index (χ4n) is 2.37. The first-order valence-corrected chi connectivity index (χ1v) is 6.83. The van der Waals surface area contributed by atoms with Crippen LogP contribution >= 0.6 is 0 Å². The van der Waals surface area contributed by atoms with Crippen molar-refractivity contribution in [3.8, 4) is 5.75 Å². The standard InChI is InChI=1S/C16H16N2O3/c1-18-7-6-12(9-15(18)19)16(20)17-10-13-8-11-4-2-3-5-14(11)21-13/h2-7,9,13H,8,10H2,1H3,(H,17,20)/t13-/m0/s1. The van der Waals surface area contributed by atoms with Crippen molar-refractivity contribution in [1.29, 1.82) is 0 Å². The third-order valence-electron chi connectivity index (χ3n) is 3.57. The first-order chi connectivity index (χ1) is 10.1. The summed E-state index contributed by atoms with van der Waals surface area (Å²) in [7, 11) is 1.65. The van der Waals surface area contributed by atoms with Gasteiger partial charge in [0.05, 0.1) is 6.54 Å². The Hall–Kier alpha value is -2.56. The second-order valence-electron chi connectivity index (χ2n) is 5.13. The number of fused-ring (bicyclic) bond motifs is 1. The van der Waals surface area contributed by atoms with Gasteiger partial charge in [-0.3, -0.25) is 9.59 Å². The monoisotopic (exact) mass is 284 g/mol. The molecule has 0 fully saturated rings. The number of ether oxygens (including phenoxy) is 1. The average molecular weight is 284 g/mol. The fraction of sp³-hybridized carbons (Fsp3) is 0.250. The van der Waals surface area contributed by atoms with Crippen molar-refractivity contribution in [2.45, 2.75) is 12.5 Å². The van der Waals surface area contributed by atoms with Crippen LogP contribution in [0.4, 0.5) is 0 Å². The smallest absolute Gasteiger partial charge is 0.251 e. The van der Waals surface area contributed by atoms with Gasteiger partial charge in [-0.2, -0.15) is 0 Å². The SMILES string of the molecule is Cn1ccc(C(=O)NC[C@@H]2Cc3ccccc3O2)cc1=O. The van der Waals surface area contributed by atoms with Crippen LogP contribution in [0.1, 0.15) is 15.9 Å². The molecule has 1 N–H and O–H groups in total. The van der Waals surface area contributed by atoms with E-state index in [0.717, 1.165) is 17.7 Å². The molecule has 21 heavy (non-hydrogen) atoms. The Balaban J connectivity index is 1.60. The van der Waals surface area contributed by atoms with Crippen molar-refractivity contribution < 1.29 is 9.53 Å². The Bertz CT molecular complexity index is 711. The summed E-state index contributed by atoms with van der Waals surface area (Å²) in [5.41, 5.74) is 1.33. The number of carbonyl (C=O) groups excluding carboxylic acids is 1. The van der Waals surface area contributed by atoms with Gasteiger partial charge in [0.25, 0.3) is 11.5 Å². The molecule has 108 valence electrons. The quantitative estimate of drug-likeness (QED) is 0.918. The molecule has 3 rings (SSSR count). The highest BCUT2D eigenvalue weighted by atomic mass is 16.5. The molecule has 5 nitrogen and oxygen atoms in total. The van der Waals surface area contributed by atoms with E-state index in [4.69, 9.17) is 4.74 Å². The molecule has 0 saturated carbocycles. The van der Waals surface area contributed by atoms with E-state index in [9.17, 15) is 9.59 Å². The highest BCUT2D eigenvalue weighted by Gasteiger charge is 2.22. The van der Waals surface area contributed by atoms with E-state index >= 15 is 0 Å². The average Bonchev–Trinajstić information content (AvgIpc) is 2.90. The maximum atomic E-state index is 12.0. The van der Waals surface area contributed by atoms with Crippen LogP contribution in [0.5, 0.6) is 5.75 Å². The zero-order chi connectivity index (χ0) is 14.8. The van der Waals surface area contributed by atoms with Gasteiger partial charge < -0.3 is 14.6 Å². The lowest BCUT2D eigenvalue weighted by Crippen LogP contribution is -2.35. The van der Waals surface area contributed by atoms with Crippen molar-refractivity contribution >= 4 is 5.91 Å². The van der Waals surface area contributed by atoms with Crippen LogP contribution < -0.4 is 15.6 Å². The minimum absolute atomic E-state index is 0.0575. The molecular formula is C16H16N2O3. The second-order valence-corrected chi connectivity index (χ2v) is 5.13. The molecule has 2 aromatic rings. The predicted molar refractivity (Wildman–Crippen MR) is 78.6 cm³/mol. The minimum Gasteiger partial charge on any atom is -0.488 e. The number of benzene rings is 1. The van der Waals surface area contributed by atoms with E-state index in [1.807, 2.05) is 24.3 Å². The zero-order valence-corrected chi connectivity index (χ0v) is 11.7. The summed E-state index contributed by atoms with van der Waals surface area (Å²) in [6.07, 6.45) is 2.31. The Morgan fingerprint density at radius 1 is 1.38 bits per heavy atom. The molecule has 2 heterocycles. The Kier molecular flexibility index (Phi) is 3.48. The Morgan fingerprint density at radius 3 is 2.95 bits per heavy atom. The number of carbonyl (C=O) groups is 1. The van der Waals surface area contributed by atoms with E-state index in [2.05, 4.69) is 5.32 Å². The molecule has 5 heteroatoms. The predicted octanol–water partition coefficient (Wildman–Crippen LogP) is 1.12. The fourth-order valence-corrected chi connectivity index (χ4v) is 2.37. The third kappa shape index (κ3) is 2.81. The summed E-state index contributed by atoms with van der Waals surface area (Å²) in [4.78, 5) is 23.5. The number of hydrogen-bond donors (Lipinski definition) is 1. The summed E-state index contributed by atoms with van der Waals surface area (Å²) in [5.74, 6) is 0.623. The largest absolute Gasteiger partial charge is 0.488 e. The molecule has 0 bridgehead atoms. The number of hydrogen-bond acceptors (Lipinski definition) is 3. The second kappa shape index (κ2) is 5.44. The molecule has 1 aliphatic heterocycles. The first-order valence-electron chi connectivity index (χ1n) is 6.83. The molecule has 0 unspecified atom stereocenters. The van der Waals surface area contributed by atoms with Crippen LogP contribution in [-0.4, -0.2) is 23.1 Å². The molecular weight excluding hydrogens is 268 g/mol. The van der Waals surface area contributed by atoms with E-state index in [1.54, 1.807) is 19.3 Å². The highest BCUT2D eigenvalue weighted by molar-refractivity contribution is 5.93. The van der Waals surface area contributed by atoms with E-state index in [-0.39, 0.29) is 17.6 Å². The molecule has 1 atom stereocenters. The van der Waals surface area contributed by atoms with Gasteiger partial charge in [-0.15, -0.1) is 0 Å². The van der Waals surface area contributed by atoms with E-state index < -0.39 is 0 Å². The normalized spacial score (nSPS) is 16.1. The number of amides is 1. The number of nitrogens with zero attached hydrogens (tertiary/aromatic N) is 1. The van der Waals surface area contributed by atoms with Crippen molar-refractivity contribution in [1.82, 2.24) is 9.88 Å². The van der Waals surface area contributed by atoms with Crippen LogP contribution in [0, 0.1) is 0 Å². The lowest BCUT2D eigenvalue weighted by Gasteiger charge is -2.12. The number of pyridine rings is 1. The Labute approximate surface area is 122 Å². The third-order valence-corrected chi connectivity index (χ3v) is 3.57. The Morgan fingerprint density at radius 2 is 2.19 bits per heavy atom. The van der Waals surface area contributed by atoms with Crippen LogP contribution in [-0.2, 0) is 13.5 Å². The summed E-state index contributed by atoms with van der Waals surface area (Å²) in [6.45, 7) is 0.419. The highest BCUT2D eigenvalue weighted by Crippen LogP contribution is 2.27. The number of rotatable bonds is 3. The first kappa shape index (κ1) is 13.4. The number of para-hydroxylation sites is 1. The zero-order valence-electron chi connectivity index (χ0n) is 11.7. The van der Waals surface area contributed by atoms with Gasteiger partial charge in [-0.1, -0.05) is 18.2 Å². The van der Waals surface area contributed by atoms with Gasteiger partial charge in [0.15, 0.2) is 0 Å². The summed E-state index contributed by atoms with van der Waals surface area (Å²) in [6, 6.07) is 10.8. The summed E-state index contributed by atoms with van der Waals surface area (Å²) in [5, 5.41) is 2.81. The molecule has 0 saturated heterocycles. The van der Waals surface area contributed by atoms with Crippen molar-refractivity contribution in [3.05, 3.63) is 64.1 Å². The topological polar surface area (TPSA) is 60.3 Å². The van der Waals surface area contributed by atoms with Crippen molar-refractivity contribution in [2.24, 2.45) is 7.05 Å². The minimum atomic E-state index is -0.257. The summed E-state index contributed by atoms with van der Waals surface area (Å²) >= 11 is 0. The number of nitrogens with one attached hydrogen (secondary N) is 1. The van der Waals surface area contributed by atoms with E-state index in [1.165, 1.54) is 10.6 Å². The van der Waals surface area contributed by atoms with Crippen LogP contribution in [0.2, 0.25) is 0 Å².